The molecule has 1 rings (SSSR count). The van der Waals surface area contributed by atoms with Crippen LogP contribution in [0.3, 0.4) is 0 Å². The summed E-state index contributed by atoms with van der Waals surface area (Å²) in [5, 5.41) is 0. The number of ether oxygens (including phenoxy) is 2. The van der Waals surface area contributed by atoms with Crippen LogP contribution in [0.15, 0.2) is 12.7 Å². The summed E-state index contributed by atoms with van der Waals surface area (Å²) in [5.41, 5.74) is -0.579. The van der Waals surface area contributed by atoms with Gasteiger partial charge in [0.05, 0.1) is 7.11 Å². The number of esters is 1. The minimum atomic E-state index is -0.623. The summed E-state index contributed by atoms with van der Waals surface area (Å²) in [6.07, 6.45) is 1.90. The number of nitrogens with zero attached hydrogens (tertiary/aromatic N) is 1. The van der Waals surface area contributed by atoms with E-state index in [0.29, 0.717) is 13.0 Å². The second-order valence-electron chi connectivity index (χ2n) is 5.33. The fourth-order valence-electron chi connectivity index (χ4n) is 2.01. The molecule has 1 aliphatic rings. The van der Waals surface area contributed by atoms with Crippen molar-refractivity contribution in [3.05, 3.63) is 12.7 Å². The van der Waals surface area contributed by atoms with Gasteiger partial charge in [-0.25, -0.2) is 9.59 Å². The standard InChI is InChI=1S/C13H21NO4/c1-6-9-7-8-14(10(9)11(15)17-5)12(16)18-13(2,3)4/h6,9-10H,1,7-8H2,2-5H3/t9-,10-/m0/s1. The quantitative estimate of drug-likeness (QED) is 0.559. The van der Waals surface area contributed by atoms with E-state index in [1.807, 2.05) is 0 Å². The van der Waals surface area contributed by atoms with Crippen molar-refractivity contribution >= 4 is 12.1 Å². The van der Waals surface area contributed by atoms with E-state index in [-0.39, 0.29) is 5.92 Å². The highest BCUT2D eigenvalue weighted by molar-refractivity contribution is 5.82. The molecule has 102 valence electrons. The van der Waals surface area contributed by atoms with Crippen LogP contribution in [0, 0.1) is 5.92 Å². The van der Waals surface area contributed by atoms with E-state index >= 15 is 0 Å². The SMILES string of the molecule is C=C[C@H]1CCN(C(=O)OC(C)(C)C)[C@@H]1C(=O)OC. The monoisotopic (exact) mass is 255 g/mol. The van der Waals surface area contributed by atoms with Crippen LogP contribution in [0.2, 0.25) is 0 Å². The largest absolute Gasteiger partial charge is 0.467 e. The Hall–Kier alpha value is -1.52. The fraction of sp³-hybridized carbons (Fsp3) is 0.692. The Morgan fingerprint density at radius 1 is 1.39 bits per heavy atom. The van der Waals surface area contributed by atoms with Gasteiger partial charge in [0.15, 0.2) is 0 Å². The second-order valence-corrected chi connectivity index (χ2v) is 5.33. The summed E-state index contributed by atoms with van der Waals surface area (Å²) < 4.78 is 10.0. The summed E-state index contributed by atoms with van der Waals surface area (Å²) in [4.78, 5) is 25.2. The normalized spacial score (nSPS) is 23.7. The first-order valence-electron chi connectivity index (χ1n) is 6.00. The van der Waals surface area contributed by atoms with Gasteiger partial charge in [0, 0.05) is 12.5 Å². The van der Waals surface area contributed by atoms with Gasteiger partial charge < -0.3 is 9.47 Å². The maximum atomic E-state index is 12.0. The smallest absolute Gasteiger partial charge is 0.411 e. The lowest BCUT2D eigenvalue weighted by Gasteiger charge is -2.28. The van der Waals surface area contributed by atoms with Crippen molar-refractivity contribution in [3.8, 4) is 0 Å². The Bertz CT molecular complexity index is 345. The van der Waals surface area contributed by atoms with Crippen LogP contribution in [0.25, 0.3) is 0 Å². The summed E-state index contributed by atoms with van der Waals surface area (Å²) in [6.45, 7) is 9.54. The number of rotatable bonds is 2. The van der Waals surface area contributed by atoms with Crippen molar-refractivity contribution in [2.24, 2.45) is 5.92 Å². The molecule has 0 spiro atoms. The molecule has 0 radical (unpaired) electrons. The molecular weight excluding hydrogens is 234 g/mol. The molecular formula is C13H21NO4. The molecule has 1 saturated heterocycles. The molecule has 1 amide bonds. The molecule has 5 heteroatoms. The van der Waals surface area contributed by atoms with E-state index in [1.165, 1.54) is 12.0 Å². The summed E-state index contributed by atoms with van der Waals surface area (Å²) in [5.74, 6) is -0.506. The minimum Gasteiger partial charge on any atom is -0.467 e. The van der Waals surface area contributed by atoms with Crippen molar-refractivity contribution < 1.29 is 19.1 Å². The molecule has 0 N–H and O–H groups in total. The van der Waals surface area contributed by atoms with Crippen LogP contribution in [0.5, 0.6) is 0 Å². The predicted octanol–water partition coefficient (Wildman–Crippen LogP) is 1.97. The zero-order valence-electron chi connectivity index (χ0n) is 11.4. The Morgan fingerprint density at radius 2 is 2.00 bits per heavy atom. The van der Waals surface area contributed by atoms with Gasteiger partial charge in [-0.3, -0.25) is 4.90 Å². The molecule has 0 aromatic rings. The average Bonchev–Trinajstić information content (AvgIpc) is 2.69. The average molecular weight is 255 g/mol. The maximum Gasteiger partial charge on any atom is 0.411 e. The Kier molecular flexibility index (Phi) is 4.38. The lowest BCUT2D eigenvalue weighted by atomic mass is 10.0. The molecule has 0 aliphatic carbocycles. The summed E-state index contributed by atoms with van der Waals surface area (Å²) in [7, 11) is 1.31. The second kappa shape index (κ2) is 5.42. The summed E-state index contributed by atoms with van der Waals surface area (Å²) >= 11 is 0. The Balaban J connectivity index is 2.84. The van der Waals surface area contributed by atoms with Gasteiger partial charge in [-0.15, -0.1) is 6.58 Å². The van der Waals surface area contributed by atoms with Crippen LogP contribution in [-0.2, 0) is 14.3 Å². The minimum absolute atomic E-state index is 0.0787. The lowest BCUT2D eigenvalue weighted by molar-refractivity contribution is -0.146. The number of carbonyl (C=O) groups is 2. The van der Waals surface area contributed by atoms with E-state index < -0.39 is 23.7 Å². The highest BCUT2D eigenvalue weighted by atomic mass is 16.6. The first kappa shape index (κ1) is 14.5. The third kappa shape index (κ3) is 3.24. The first-order chi connectivity index (χ1) is 8.30. The highest BCUT2D eigenvalue weighted by Gasteiger charge is 2.42. The molecule has 0 unspecified atom stereocenters. The number of methoxy groups -OCH3 is 1. The molecule has 0 aromatic heterocycles. The van der Waals surface area contributed by atoms with Crippen molar-refractivity contribution in [1.29, 1.82) is 0 Å². The van der Waals surface area contributed by atoms with Crippen LogP contribution < -0.4 is 0 Å². The van der Waals surface area contributed by atoms with Crippen LogP contribution in [-0.4, -0.2) is 42.3 Å². The van der Waals surface area contributed by atoms with Gasteiger partial charge >= 0.3 is 12.1 Å². The zero-order chi connectivity index (χ0) is 13.9. The third-order valence-electron chi connectivity index (χ3n) is 2.82. The van der Waals surface area contributed by atoms with E-state index in [0.717, 1.165) is 0 Å². The van der Waals surface area contributed by atoms with Gasteiger partial charge in [0.1, 0.15) is 11.6 Å². The van der Waals surface area contributed by atoms with Gasteiger partial charge in [0.2, 0.25) is 0 Å². The molecule has 1 fully saturated rings. The Morgan fingerprint density at radius 3 is 2.44 bits per heavy atom. The van der Waals surface area contributed by atoms with E-state index in [2.05, 4.69) is 6.58 Å². The number of amides is 1. The molecule has 18 heavy (non-hydrogen) atoms. The van der Waals surface area contributed by atoms with E-state index in [4.69, 9.17) is 9.47 Å². The highest BCUT2D eigenvalue weighted by Crippen LogP contribution is 2.27. The molecule has 0 bridgehead atoms. The number of likely N-dealkylation sites (tertiary alicyclic amines) is 1. The van der Waals surface area contributed by atoms with Crippen LogP contribution >= 0.6 is 0 Å². The summed E-state index contributed by atoms with van der Waals surface area (Å²) in [6, 6.07) is -0.623. The third-order valence-corrected chi connectivity index (χ3v) is 2.82. The molecule has 0 aromatic carbocycles. The number of hydrogen-bond donors (Lipinski definition) is 0. The van der Waals surface area contributed by atoms with Gasteiger partial charge in [-0.1, -0.05) is 6.08 Å². The van der Waals surface area contributed by atoms with Crippen LogP contribution in [0.1, 0.15) is 27.2 Å². The van der Waals surface area contributed by atoms with Gasteiger partial charge in [0.25, 0.3) is 0 Å². The number of carbonyl (C=O) groups excluding carboxylic acids is 2. The molecule has 2 atom stereocenters. The Labute approximate surface area is 108 Å². The number of hydrogen-bond acceptors (Lipinski definition) is 4. The molecule has 0 saturated carbocycles. The van der Waals surface area contributed by atoms with Gasteiger partial charge in [-0.2, -0.15) is 0 Å². The van der Waals surface area contributed by atoms with Crippen molar-refractivity contribution in [3.63, 3.8) is 0 Å². The van der Waals surface area contributed by atoms with E-state index in [9.17, 15) is 9.59 Å². The van der Waals surface area contributed by atoms with Crippen molar-refractivity contribution in [1.82, 2.24) is 4.90 Å². The fourth-order valence-corrected chi connectivity index (χ4v) is 2.01. The zero-order valence-corrected chi connectivity index (χ0v) is 11.4. The van der Waals surface area contributed by atoms with Crippen molar-refractivity contribution in [2.75, 3.05) is 13.7 Å². The molecule has 1 aliphatic heterocycles. The first-order valence-corrected chi connectivity index (χ1v) is 6.00. The molecule has 5 nitrogen and oxygen atoms in total. The topological polar surface area (TPSA) is 55.8 Å². The molecule has 1 heterocycles. The van der Waals surface area contributed by atoms with Crippen molar-refractivity contribution in [2.45, 2.75) is 38.8 Å². The van der Waals surface area contributed by atoms with Gasteiger partial charge in [-0.05, 0) is 27.2 Å². The predicted molar refractivity (Wildman–Crippen MR) is 67.0 cm³/mol. The maximum absolute atomic E-state index is 12.0. The van der Waals surface area contributed by atoms with Crippen LogP contribution in [0.4, 0.5) is 4.79 Å². The lowest BCUT2D eigenvalue weighted by Crippen LogP contribution is -2.45. The van der Waals surface area contributed by atoms with E-state index in [1.54, 1.807) is 26.8 Å².